The third-order valence-electron chi connectivity index (χ3n) is 3.49. The molecule has 0 heterocycles. The average molecular weight is 287 g/mol. The number of benzene rings is 2. The molecule has 0 amide bonds. The first-order valence-electron chi connectivity index (χ1n) is 7.32. The molecule has 0 radical (unpaired) electrons. The van der Waals surface area contributed by atoms with E-state index >= 15 is 0 Å². The molecule has 0 aliphatic rings. The lowest BCUT2D eigenvalue weighted by atomic mass is 10.0. The van der Waals surface area contributed by atoms with Crippen molar-refractivity contribution >= 4 is 0 Å². The van der Waals surface area contributed by atoms with Crippen molar-refractivity contribution in [3.05, 3.63) is 65.0 Å². The van der Waals surface area contributed by atoms with Crippen molar-refractivity contribution < 1.29 is 9.13 Å². The van der Waals surface area contributed by atoms with E-state index in [1.807, 2.05) is 19.1 Å². The molecule has 1 atom stereocenters. The quantitative estimate of drug-likeness (QED) is 0.851. The summed E-state index contributed by atoms with van der Waals surface area (Å²) in [5.41, 5.74) is 2.80. The van der Waals surface area contributed by atoms with Crippen LogP contribution in [0.4, 0.5) is 4.39 Å². The Kier molecular flexibility index (Phi) is 5.34. The molecule has 2 rings (SSSR count). The van der Waals surface area contributed by atoms with E-state index in [1.165, 1.54) is 6.07 Å². The van der Waals surface area contributed by atoms with Crippen LogP contribution in [0.15, 0.2) is 42.5 Å². The summed E-state index contributed by atoms with van der Waals surface area (Å²) in [7, 11) is 0. The van der Waals surface area contributed by atoms with Crippen LogP contribution in [0.3, 0.4) is 0 Å². The summed E-state index contributed by atoms with van der Waals surface area (Å²) in [6.07, 6.45) is 0. The van der Waals surface area contributed by atoms with Gasteiger partial charge in [-0.05, 0) is 38.1 Å². The number of halogens is 1. The summed E-state index contributed by atoms with van der Waals surface area (Å²) in [5.74, 6) is 0.582. The minimum absolute atomic E-state index is 0.200. The van der Waals surface area contributed by atoms with E-state index in [-0.39, 0.29) is 18.5 Å². The zero-order valence-corrected chi connectivity index (χ0v) is 12.8. The summed E-state index contributed by atoms with van der Waals surface area (Å²) in [6.45, 7) is 7.33. The average Bonchev–Trinajstić information content (AvgIpc) is 2.46. The predicted molar refractivity (Wildman–Crippen MR) is 84.0 cm³/mol. The van der Waals surface area contributed by atoms with E-state index < -0.39 is 0 Å². The molecular formula is C18H22FNO. The highest BCUT2D eigenvalue weighted by molar-refractivity contribution is 5.39. The van der Waals surface area contributed by atoms with Gasteiger partial charge >= 0.3 is 0 Å². The number of rotatable bonds is 6. The second-order valence-corrected chi connectivity index (χ2v) is 5.20. The molecule has 21 heavy (non-hydrogen) atoms. The van der Waals surface area contributed by atoms with Crippen LogP contribution in [0.25, 0.3) is 0 Å². The highest BCUT2D eigenvalue weighted by Crippen LogP contribution is 2.27. The number of hydrogen-bond donors (Lipinski definition) is 1. The van der Waals surface area contributed by atoms with Crippen LogP contribution in [0.1, 0.15) is 36.6 Å². The minimum Gasteiger partial charge on any atom is -0.488 e. The zero-order chi connectivity index (χ0) is 15.2. The van der Waals surface area contributed by atoms with Crippen molar-refractivity contribution in [1.29, 1.82) is 0 Å². The first-order valence-corrected chi connectivity index (χ1v) is 7.32. The van der Waals surface area contributed by atoms with E-state index in [9.17, 15) is 4.39 Å². The maximum Gasteiger partial charge on any atom is 0.129 e. The first-order chi connectivity index (χ1) is 10.1. The molecule has 2 nitrogen and oxygen atoms in total. The van der Waals surface area contributed by atoms with Gasteiger partial charge < -0.3 is 10.1 Å². The fourth-order valence-electron chi connectivity index (χ4n) is 2.31. The summed E-state index contributed by atoms with van der Waals surface area (Å²) in [4.78, 5) is 0. The fraction of sp³-hybridized carbons (Fsp3) is 0.333. The molecule has 0 aliphatic carbocycles. The molecule has 0 aliphatic heterocycles. The minimum atomic E-state index is -0.230. The lowest BCUT2D eigenvalue weighted by Crippen LogP contribution is -2.18. The van der Waals surface area contributed by atoms with Crippen molar-refractivity contribution in [3.8, 4) is 5.75 Å². The third-order valence-corrected chi connectivity index (χ3v) is 3.49. The van der Waals surface area contributed by atoms with Crippen molar-refractivity contribution in [3.63, 3.8) is 0 Å². The molecule has 2 aromatic rings. The van der Waals surface area contributed by atoms with E-state index in [2.05, 4.69) is 31.3 Å². The summed E-state index contributed by atoms with van der Waals surface area (Å²) in [6, 6.07) is 13.0. The van der Waals surface area contributed by atoms with Crippen LogP contribution < -0.4 is 10.1 Å². The highest BCUT2D eigenvalue weighted by Gasteiger charge is 2.12. The SMILES string of the molecule is CCNC(C)c1ccc(C)cc1OCc1ccccc1F. The molecule has 0 saturated heterocycles. The first kappa shape index (κ1) is 15.5. The van der Waals surface area contributed by atoms with Crippen LogP contribution in [-0.2, 0) is 6.61 Å². The molecular weight excluding hydrogens is 265 g/mol. The normalized spacial score (nSPS) is 12.2. The zero-order valence-electron chi connectivity index (χ0n) is 12.8. The van der Waals surface area contributed by atoms with Gasteiger partial charge in [-0.25, -0.2) is 4.39 Å². The lowest BCUT2D eigenvalue weighted by Gasteiger charge is -2.18. The van der Waals surface area contributed by atoms with Crippen molar-refractivity contribution in [1.82, 2.24) is 5.32 Å². The maximum absolute atomic E-state index is 13.7. The smallest absolute Gasteiger partial charge is 0.129 e. The Bertz CT molecular complexity index is 598. The second kappa shape index (κ2) is 7.23. The third kappa shape index (κ3) is 4.05. The standard InChI is InChI=1S/C18H22FNO/c1-4-20-14(3)16-10-9-13(2)11-18(16)21-12-15-7-5-6-8-17(15)19/h5-11,14,20H,4,12H2,1-3H3. The van der Waals surface area contributed by atoms with Gasteiger partial charge in [0.1, 0.15) is 18.2 Å². The van der Waals surface area contributed by atoms with Crippen LogP contribution in [0.2, 0.25) is 0 Å². The molecule has 1 N–H and O–H groups in total. The van der Waals surface area contributed by atoms with Crippen LogP contribution in [-0.4, -0.2) is 6.54 Å². The number of aryl methyl sites for hydroxylation is 1. The summed E-state index contributed by atoms with van der Waals surface area (Å²) >= 11 is 0. The molecule has 0 bridgehead atoms. The van der Waals surface area contributed by atoms with E-state index in [0.29, 0.717) is 5.56 Å². The van der Waals surface area contributed by atoms with Crippen molar-refractivity contribution in [2.75, 3.05) is 6.54 Å². The molecule has 2 aromatic carbocycles. The van der Waals surface area contributed by atoms with Gasteiger partial charge in [-0.1, -0.05) is 37.3 Å². The molecule has 0 aromatic heterocycles. The van der Waals surface area contributed by atoms with Gasteiger partial charge in [0.15, 0.2) is 0 Å². The Morgan fingerprint density at radius 2 is 1.95 bits per heavy atom. The Hall–Kier alpha value is -1.87. The molecule has 112 valence electrons. The Balaban J connectivity index is 2.18. The monoisotopic (exact) mass is 287 g/mol. The van der Waals surface area contributed by atoms with Crippen LogP contribution in [0.5, 0.6) is 5.75 Å². The Labute approximate surface area is 126 Å². The van der Waals surface area contributed by atoms with E-state index in [0.717, 1.165) is 23.4 Å². The van der Waals surface area contributed by atoms with Crippen LogP contribution >= 0.6 is 0 Å². The maximum atomic E-state index is 13.7. The molecule has 3 heteroatoms. The van der Waals surface area contributed by atoms with E-state index in [4.69, 9.17) is 4.74 Å². The Morgan fingerprint density at radius 1 is 1.19 bits per heavy atom. The predicted octanol–water partition coefficient (Wildman–Crippen LogP) is 4.38. The van der Waals surface area contributed by atoms with Gasteiger partial charge in [-0.2, -0.15) is 0 Å². The number of ether oxygens (including phenoxy) is 1. The lowest BCUT2D eigenvalue weighted by molar-refractivity contribution is 0.293. The Morgan fingerprint density at radius 3 is 2.67 bits per heavy atom. The second-order valence-electron chi connectivity index (χ2n) is 5.20. The van der Waals surface area contributed by atoms with Gasteiger partial charge in [-0.3, -0.25) is 0 Å². The fourth-order valence-corrected chi connectivity index (χ4v) is 2.31. The van der Waals surface area contributed by atoms with Gasteiger partial charge in [0.25, 0.3) is 0 Å². The molecule has 0 fully saturated rings. The number of hydrogen-bond acceptors (Lipinski definition) is 2. The van der Waals surface area contributed by atoms with Crippen molar-refractivity contribution in [2.24, 2.45) is 0 Å². The van der Waals surface area contributed by atoms with Gasteiger partial charge in [0, 0.05) is 17.2 Å². The molecule has 0 spiro atoms. The number of nitrogens with one attached hydrogen (secondary N) is 1. The van der Waals surface area contributed by atoms with Gasteiger partial charge in [0.2, 0.25) is 0 Å². The van der Waals surface area contributed by atoms with Gasteiger partial charge in [-0.15, -0.1) is 0 Å². The summed E-state index contributed by atoms with van der Waals surface area (Å²) in [5, 5.41) is 3.38. The highest BCUT2D eigenvalue weighted by atomic mass is 19.1. The van der Waals surface area contributed by atoms with Crippen molar-refractivity contribution in [2.45, 2.75) is 33.4 Å². The van der Waals surface area contributed by atoms with Gasteiger partial charge in [0.05, 0.1) is 0 Å². The van der Waals surface area contributed by atoms with E-state index in [1.54, 1.807) is 12.1 Å². The topological polar surface area (TPSA) is 21.3 Å². The van der Waals surface area contributed by atoms with Crippen LogP contribution in [0, 0.1) is 12.7 Å². The molecule has 0 saturated carbocycles. The summed E-state index contributed by atoms with van der Waals surface area (Å²) < 4.78 is 19.5. The largest absolute Gasteiger partial charge is 0.488 e. The molecule has 1 unspecified atom stereocenters.